The first-order valence-corrected chi connectivity index (χ1v) is 18.0. The zero-order valence-electron chi connectivity index (χ0n) is 25.7. The van der Waals surface area contributed by atoms with Crippen molar-refractivity contribution in [2.24, 2.45) is 17.8 Å². The third kappa shape index (κ3) is 5.00. The zero-order valence-corrected chi connectivity index (χ0v) is 28.8. The summed E-state index contributed by atoms with van der Waals surface area (Å²) in [7, 11) is 0. The second-order valence-electron chi connectivity index (χ2n) is 13.1. The van der Waals surface area contributed by atoms with E-state index in [4.69, 9.17) is 27.9 Å². The lowest BCUT2D eigenvalue weighted by Crippen LogP contribution is -2.60. The Kier molecular flexibility index (Phi) is 8.79. The second kappa shape index (κ2) is 12.6. The quantitative estimate of drug-likeness (QED) is 0.185. The molecule has 4 fully saturated rings. The van der Waals surface area contributed by atoms with E-state index in [0.717, 1.165) is 30.1 Å². The van der Waals surface area contributed by atoms with E-state index >= 15 is 0 Å². The fourth-order valence-corrected chi connectivity index (χ4v) is 10.1. The Bertz CT molecular complexity index is 1630. The molecule has 12 heteroatoms. The molecule has 9 nitrogen and oxygen atoms in total. The summed E-state index contributed by atoms with van der Waals surface area (Å²) in [5.41, 5.74) is 2.39. The van der Waals surface area contributed by atoms with Crippen molar-refractivity contribution in [2.45, 2.75) is 53.9 Å². The maximum atomic E-state index is 14.4. The Labute approximate surface area is 291 Å². The molecule has 0 spiro atoms. The third-order valence-corrected chi connectivity index (χ3v) is 12.7. The Morgan fingerprint density at radius 2 is 1.62 bits per heavy atom. The van der Waals surface area contributed by atoms with Crippen LogP contribution >= 0.6 is 39.1 Å². The molecule has 0 aromatic heterocycles. The number of aliphatic hydroxyl groups excluding tert-OH is 1. The topological polar surface area (TPSA) is 107 Å². The van der Waals surface area contributed by atoms with Crippen LogP contribution in [0.25, 0.3) is 0 Å². The van der Waals surface area contributed by atoms with Gasteiger partial charge in [-0.05, 0) is 43.2 Å². The first-order chi connectivity index (χ1) is 22.7. The predicted molar refractivity (Wildman–Crippen MR) is 179 cm³/mol. The van der Waals surface area contributed by atoms with Crippen LogP contribution in [0.15, 0.2) is 66.2 Å². The highest BCUT2D eigenvalue weighted by molar-refractivity contribution is 9.09. The Hall–Kier alpha value is -2.76. The number of nitrogens with zero attached hydrogens (tertiary/aromatic N) is 3. The van der Waals surface area contributed by atoms with Crippen molar-refractivity contribution in [3.63, 3.8) is 0 Å². The van der Waals surface area contributed by atoms with Gasteiger partial charge in [0.05, 0.1) is 23.9 Å². The van der Waals surface area contributed by atoms with E-state index < -0.39 is 45.2 Å². The number of allylic oxidation sites excluding steroid dienone is 2. The monoisotopic (exact) mass is 743 g/mol. The van der Waals surface area contributed by atoms with Gasteiger partial charge in [-0.1, -0.05) is 76.1 Å². The molecule has 0 bridgehead atoms. The molecule has 248 valence electrons. The number of carbonyl (C=O) groups excluding carboxylic acids is 4. The van der Waals surface area contributed by atoms with Crippen molar-refractivity contribution in [2.75, 3.05) is 31.8 Å². The number of piperidine rings is 1. The highest BCUT2D eigenvalue weighted by Crippen LogP contribution is 2.66. The van der Waals surface area contributed by atoms with Gasteiger partial charge in [-0.15, -0.1) is 23.2 Å². The van der Waals surface area contributed by atoms with Crippen LogP contribution in [0.4, 0.5) is 0 Å². The maximum absolute atomic E-state index is 14.4. The lowest BCUT2D eigenvalue weighted by atomic mass is 9.56. The number of halogens is 3. The van der Waals surface area contributed by atoms with E-state index in [9.17, 15) is 24.3 Å². The Balaban J connectivity index is 1.22. The van der Waals surface area contributed by atoms with Gasteiger partial charge in [0.15, 0.2) is 9.75 Å². The Morgan fingerprint density at radius 3 is 2.32 bits per heavy atom. The number of fused-ring (bicyclic) bond motifs is 4. The number of aliphatic hydroxyl groups is 1. The molecule has 3 saturated heterocycles. The molecule has 3 heterocycles. The molecule has 7 rings (SSSR count). The number of ether oxygens (including phenoxy) is 1. The van der Waals surface area contributed by atoms with Crippen molar-refractivity contribution >= 4 is 62.8 Å². The number of imide groups is 2. The van der Waals surface area contributed by atoms with E-state index in [1.807, 2.05) is 24.3 Å². The van der Waals surface area contributed by atoms with Crippen LogP contribution in [-0.2, 0) is 25.7 Å². The number of carbonyl (C=O) groups is 4. The van der Waals surface area contributed by atoms with Gasteiger partial charge in [-0.2, -0.15) is 0 Å². The molecule has 47 heavy (non-hydrogen) atoms. The minimum absolute atomic E-state index is 0.00469. The molecular weight excluding hydrogens is 709 g/mol. The molecule has 2 aromatic rings. The summed E-state index contributed by atoms with van der Waals surface area (Å²) in [5.74, 6) is -4.11. The van der Waals surface area contributed by atoms with Gasteiger partial charge in [0.1, 0.15) is 12.4 Å². The number of hydrogen-bond donors (Lipinski definition) is 1. The van der Waals surface area contributed by atoms with Crippen LogP contribution in [0, 0.1) is 17.8 Å². The summed E-state index contributed by atoms with van der Waals surface area (Å²) in [5, 5.41) is 9.50. The van der Waals surface area contributed by atoms with E-state index in [0.29, 0.717) is 30.6 Å². The van der Waals surface area contributed by atoms with Gasteiger partial charge in [0, 0.05) is 37.2 Å². The lowest BCUT2D eigenvalue weighted by Gasteiger charge is -2.51. The number of para-hydroxylation sites is 1. The molecule has 2 aliphatic carbocycles. The van der Waals surface area contributed by atoms with Crippen molar-refractivity contribution in [1.82, 2.24) is 14.7 Å². The first kappa shape index (κ1) is 32.8. The van der Waals surface area contributed by atoms with Crippen LogP contribution in [0.3, 0.4) is 0 Å². The number of rotatable bonds is 8. The van der Waals surface area contributed by atoms with E-state index in [2.05, 4.69) is 33.0 Å². The van der Waals surface area contributed by atoms with Crippen molar-refractivity contribution in [3.05, 3.63) is 77.4 Å². The summed E-state index contributed by atoms with van der Waals surface area (Å²) in [6, 6.07) is 17.1. The predicted octanol–water partition coefficient (Wildman–Crippen LogP) is 4.43. The molecule has 2 aromatic carbocycles. The number of hydrogen-bond acceptors (Lipinski definition) is 7. The van der Waals surface area contributed by atoms with E-state index in [1.165, 1.54) is 10.5 Å². The molecule has 0 radical (unpaired) electrons. The zero-order chi connectivity index (χ0) is 33.1. The molecule has 3 aliphatic heterocycles. The summed E-state index contributed by atoms with van der Waals surface area (Å²) in [6.07, 6.45) is 3.56. The van der Waals surface area contributed by atoms with Crippen LogP contribution in [0.5, 0.6) is 5.75 Å². The average Bonchev–Trinajstić information content (AvgIpc) is 3.42. The summed E-state index contributed by atoms with van der Waals surface area (Å²) in [6.45, 7) is 2.13. The van der Waals surface area contributed by atoms with Gasteiger partial charge >= 0.3 is 0 Å². The van der Waals surface area contributed by atoms with Crippen LogP contribution in [0.2, 0.25) is 0 Å². The minimum Gasteiger partial charge on any atom is -0.491 e. The molecule has 6 unspecified atom stereocenters. The molecule has 6 atom stereocenters. The van der Waals surface area contributed by atoms with E-state index in [-0.39, 0.29) is 42.9 Å². The standard InChI is InChI=1S/C35H36BrCl2N3O6/c36-20-40-32(45)34(37)18-26-23(29(35(34,38)33(40)46)24-8-4-5-9-27(24)47-17-16-42)10-11-25-28(26)31(44)41(30(25)43)22-12-14-39(15-13-22)19-21-6-2-1-3-7-21/h1-10,22,25-26,28-29,42H,11-20H2. The highest BCUT2D eigenvalue weighted by Gasteiger charge is 2.76. The van der Waals surface area contributed by atoms with Crippen molar-refractivity contribution in [1.29, 1.82) is 0 Å². The number of alkyl halides is 3. The van der Waals surface area contributed by atoms with Crippen molar-refractivity contribution in [3.8, 4) is 5.75 Å². The smallest absolute Gasteiger partial charge is 0.254 e. The molecule has 1 N–H and O–H groups in total. The highest BCUT2D eigenvalue weighted by atomic mass is 79.9. The fourth-order valence-electron chi connectivity index (χ4n) is 8.67. The Morgan fingerprint density at radius 1 is 0.915 bits per heavy atom. The number of amides is 4. The molecule has 5 aliphatic rings. The fraction of sp³-hybridized carbons (Fsp3) is 0.486. The van der Waals surface area contributed by atoms with Gasteiger partial charge in [0.25, 0.3) is 11.8 Å². The van der Waals surface area contributed by atoms with Crippen LogP contribution < -0.4 is 4.74 Å². The van der Waals surface area contributed by atoms with Crippen LogP contribution in [-0.4, -0.2) is 91.0 Å². The summed E-state index contributed by atoms with van der Waals surface area (Å²) in [4.78, 5) is 57.5. The summed E-state index contributed by atoms with van der Waals surface area (Å²) >= 11 is 18.0. The van der Waals surface area contributed by atoms with Gasteiger partial charge < -0.3 is 9.84 Å². The number of likely N-dealkylation sites (tertiary alicyclic amines) is 3. The second-order valence-corrected chi connectivity index (χ2v) is 14.9. The lowest BCUT2D eigenvalue weighted by molar-refractivity contribution is -0.144. The van der Waals surface area contributed by atoms with E-state index in [1.54, 1.807) is 24.3 Å². The molecule has 4 amide bonds. The van der Waals surface area contributed by atoms with Crippen molar-refractivity contribution < 1.29 is 29.0 Å². The number of benzene rings is 2. The normalized spacial score (nSPS) is 32.7. The minimum atomic E-state index is -1.91. The largest absolute Gasteiger partial charge is 0.491 e. The molecular formula is C35H36BrCl2N3O6. The average molecular weight is 745 g/mol. The third-order valence-electron chi connectivity index (χ3n) is 10.8. The van der Waals surface area contributed by atoms with Gasteiger partial charge in [-0.25, -0.2) is 0 Å². The van der Waals surface area contributed by atoms with Gasteiger partial charge in [0.2, 0.25) is 11.8 Å². The summed E-state index contributed by atoms with van der Waals surface area (Å²) < 4.78 is 5.90. The SMILES string of the molecule is O=C1C2CC=C3C(CC4(Cl)C(=O)N(CBr)C(=O)C4(Cl)C3c3ccccc3OCCO)C2C(=O)N1C1CCN(Cc2ccccc2)CC1. The van der Waals surface area contributed by atoms with Crippen LogP contribution in [0.1, 0.15) is 42.7 Å². The first-order valence-electron chi connectivity index (χ1n) is 16.1. The maximum Gasteiger partial charge on any atom is 0.254 e. The van der Waals surface area contributed by atoms with Gasteiger partial charge in [-0.3, -0.25) is 33.9 Å². The molecule has 1 saturated carbocycles.